The van der Waals surface area contributed by atoms with Gasteiger partial charge in [-0.15, -0.1) is 0 Å². The molecule has 0 amide bonds. The van der Waals surface area contributed by atoms with Crippen LogP contribution in [0.4, 0.5) is 14.5 Å². The summed E-state index contributed by atoms with van der Waals surface area (Å²) in [6, 6.07) is 3.25. The van der Waals surface area contributed by atoms with E-state index in [1.165, 1.54) is 0 Å². The Morgan fingerprint density at radius 3 is 2.62 bits per heavy atom. The Hall–Kier alpha value is -2.27. The first-order valence-electron chi connectivity index (χ1n) is 6.35. The predicted molar refractivity (Wildman–Crippen MR) is 72.1 cm³/mol. The number of hydrogen-bond acceptors (Lipinski definition) is 4. The average molecular weight is 308 g/mol. The van der Waals surface area contributed by atoms with Gasteiger partial charge in [0.1, 0.15) is 23.4 Å². The van der Waals surface area contributed by atoms with E-state index in [-0.39, 0.29) is 16.1 Å². The molecule has 108 valence electrons. The Bertz CT molecular complexity index is 872. The second-order valence-electron chi connectivity index (χ2n) is 4.61. The van der Waals surface area contributed by atoms with E-state index in [0.717, 1.165) is 36.3 Å². The first-order chi connectivity index (χ1) is 10.1. The zero-order chi connectivity index (χ0) is 15.0. The van der Waals surface area contributed by atoms with Crippen molar-refractivity contribution in [2.75, 3.05) is 0 Å². The van der Waals surface area contributed by atoms with Gasteiger partial charge in [0.2, 0.25) is 4.80 Å². The van der Waals surface area contributed by atoms with Crippen LogP contribution in [0.5, 0.6) is 0 Å². The lowest BCUT2D eigenvalue weighted by Crippen LogP contribution is -2.31. The zero-order valence-corrected chi connectivity index (χ0v) is 11.7. The van der Waals surface area contributed by atoms with Crippen LogP contribution in [0.3, 0.4) is 0 Å². The van der Waals surface area contributed by atoms with Crippen molar-refractivity contribution in [1.29, 1.82) is 5.26 Å². The predicted octanol–water partition coefficient (Wildman–Crippen LogP) is 1.89. The largest absolute Gasteiger partial charge is 0.325 e. The molecule has 3 rings (SSSR count). The summed E-state index contributed by atoms with van der Waals surface area (Å²) in [5.74, 6) is -1.62. The number of nitriles is 1. The molecule has 0 aliphatic carbocycles. The average Bonchev–Trinajstić information content (AvgIpc) is 2.79. The fraction of sp³-hybridized carbons (Fsp3) is 0.308. The van der Waals surface area contributed by atoms with E-state index >= 15 is 0 Å². The Kier molecular flexibility index (Phi) is 3.43. The van der Waals surface area contributed by atoms with Crippen molar-refractivity contribution < 1.29 is 8.78 Å². The number of fused-ring (bicyclic) bond motifs is 1. The second-order valence-corrected chi connectivity index (χ2v) is 5.53. The molecule has 1 aliphatic heterocycles. The fourth-order valence-electron chi connectivity index (χ4n) is 2.23. The van der Waals surface area contributed by atoms with Crippen molar-refractivity contribution in [1.82, 2.24) is 9.36 Å². The molecule has 1 aromatic heterocycles. The van der Waals surface area contributed by atoms with Crippen LogP contribution >= 0.6 is 11.3 Å². The highest BCUT2D eigenvalue weighted by molar-refractivity contribution is 7.06. The topological polar surface area (TPSA) is 63.1 Å². The molecule has 2 heterocycles. The summed E-state index contributed by atoms with van der Waals surface area (Å²) in [5, 5.41) is 8.65. The molecule has 0 N–H and O–H groups in total. The third-order valence-corrected chi connectivity index (χ3v) is 4.13. The van der Waals surface area contributed by atoms with Gasteiger partial charge >= 0.3 is 4.87 Å². The van der Waals surface area contributed by atoms with Crippen LogP contribution in [0, 0.1) is 23.0 Å². The molecule has 21 heavy (non-hydrogen) atoms. The van der Waals surface area contributed by atoms with Gasteiger partial charge in [0.25, 0.3) is 0 Å². The van der Waals surface area contributed by atoms with Crippen molar-refractivity contribution >= 4 is 17.0 Å². The number of benzene rings is 1. The van der Waals surface area contributed by atoms with Gasteiger partial charge in [0.05, 0.1) is 5.56 Å². The van der Waals surface area contributed by atoms with Crippen LogP contribution in [-0.2, 0) is 13.1 Å². The van der Waals surface area contributed by atoms with Crippen molar-refractivity contribution in [3.05, 3.63) is 43.8 Å². The van der Waals surface area contributed by atoms with Gasteiger partial charge < -0.3 is 0 Å². The molecule has 0 fully saturated rings. The molecule has 0 saturated heterocycles. The molecular weight excluding hydrogens is 298 g/mol. The first-order valence-corrected chi connectivity index (χ1v) is 7.16. The molecule has 1 aromatic carbocycles. The smallest absolute Gasteiger partial charge is 0.256 e. The quantitative estimate of drug-likeness (QED) is 0.807. The van der Waals surface area contributed by atoms with E-state index in [4.69, 9.17) is 5.26 Å². The Balaban J connectivity index is 2.18. The standard InChI is InChI=1S/C13H10F2N4OS/c14-9-6-11(10(15)5-8(9)7-16)17-12-18-3-1-2-4-19(18)13(20)21-12/h5-6H,1-4H2. The lowest BCUT2D eigenvalue weighted by atomic mass is 10.2. The summed E-state index contributed by atoms with van der Waals surface area (Å²) >= 11 is 0.899. The van der Waals surface area contributed by atoms with Gasteiger partial charge in [-0.25, -0.2) is 18.5 Å². The number of hydrogen-bond donors (Lipinski definition) is 0. The molecule has 1 aliphatic rings. The SMILES string of the molecule is N#Cc1cc(F)c(N=c2sc(=O)n3n2CCCC3)cc1F. The van der Waals surface area contributed by atoms with Gasteiger partial charge in [-0.1, -0.05) is 0 Å². The summed E-state index contributed by atoms with van der Waals surface area (Å²) in [6.07, 6.45) is 1.82. The molecule has 0 atom stereocenters. The van der Waals surface area contributed by atoms with Gasteiger partial charge in [0.15, 0.2) is 0 Å². The lowest BCUT2D eigenvalue weighted by molar-refractivity contribution is 0.345. The fourth-order valence-corrected chi connectivity index (χ4v) is 3.12. The molecule has 0 spiro atoms. The minimum atomic E-state index is -0.830. The van der Waals surface area contributed by atoms with Crippen molar-refractivity contribution in [2.24, 2.45) is 4.99 Å². The van der Waals surface area contributed by atoms with Gasteiger partial charge in [0, 0.05) is 19.2 Å². The molecule has 2 aromatic rings. The Morgan fingerprint density at radius 2 is 1.90 bits per heavy atom. The third-order valence-electron chi connectivity index (χ3n) is 3.26. The maximum atomic E-state index is 13.8. The summed E-state index contributed by atoms with van der Waals surface area (Å²) < 4.78 is 30.6. The normalized spacial score (nSPS) is 14.8. The summed E-state index contributed by atoms with van der Waals surface area (Å²) in [6.45, 7) is 1.23. The second kappa shape index (κ2) is 5.26. The molecule has 5 nitrogen and oxygen atoms in total. The van der Waals surface area contributed by atoms with Crippen LogP contribution in [0.15, 0.2) is 21.9 Å². The highest BCUT2D eigenvalue weighted by atomic mass is 32.1. The number of rotatable bonds is 1. The van der Waals surface area contributed by atoms with E-state index in [1.54, 1.807) is 15.4 Å². The molecule has 0 unspecified atom stereocenters. The van der Waals surface area contributed by atoms with Crippen LogP contribution in [0.1, 0.15) is 18.4 Å². The van der Waals surface area contributed by atoms with Crippen LogP contribution < -0.4 is 9.67 Å². The molecular formula is C13H10F2N4OS. The number of halogens is 2. The van der Waals surface area contributed by atoms with E-state index < -0.39 is 11.6 Å². The zero-order valence-electron chi connectivity index (χ0n) is 10.8. The van der Waals surface area contributed by atoms with Crippen LogP contribution in [-0.4, -0.2) is 9.36 Å². The summed E-state index contributed by atoms with van der Waals surface area (Å²) in [5.41, 5.74) is -0.583. The van der Waals surface area contributed by atoms with Crippen molar-refractivity contribution in [3.63, 3.8) is 0 Å². The van der Waals surface area contributed by atoms with E-state index in [1.807, 2.05) is 0 Å². The Labute approximate surface area is 122 Å². The third kappa shape index (κ3) is 2.40. The highest BCUT2D eigenvalue weighted by Crippen LogP contribution is 2.21. The van der Waals surface area contributed by atoms with Crippen molar-refractivity contribution in [2.45, 2.75) is 25.9 Å². The molecule has 0 radical (unpaired) electrons. The first kappa shape index (κ1) is 13.7. The van der Waals surface area contributed by atoms with E-state index in [2.05, 4.69) is 4.99 Å². The maximum Gasteiger partial charge on any atom is 0.325 e. The molecule has 0 saturated carbocycles. The number of nitrogens with zero attached hydrogens (tertiary/aromatic N) is 4. The van der Waals surface area contributed by atoms with Gasteiger partial charge in [-0.3, -0.25) is 9.48 Å². The number of aromatic nitrogens is 2. The van der Waals surface area contributed by atoms with Gasteiger partial charge in [-0.05, 0) is 30.2 Å². The maximum absolute atomic E-state index is 13.8. The van der Waals surface area contributed by atoms with Crippen LogP contribution in [0.25, 0.3) is 0 Å². The Morgan fingerprint density at radius 1 is 1.19 bits per heavy atom. The van der Waals surface area contributed by atoms with E-state index in [9.17, 15) is 13.6 Å². The summed E-state index contributed by atoms with van der Waals surface area (Å²) in [4.78, 5) is 16.0. The highest BCUT2D eigenvalue weighted by Gasteiger charge is 2.14. The minimum absolute atomic E-state index is 0.164. The lowest BCUT2D eigenvalue weighted by Gasteiger charge is -2.15. The van der Waals surface area contributed by atoms with Crippen LogP contribution in [0.2, 0.25) is 0 Å². The van der Waals surface area contributed by atoms with Gasteiger partial charge in [-0.2, -0.15) is 5.26 Å². The summed E-state index contributed by atoms with van der Waals surface area (Å²) in [7, 11) is 0. The van der Waals surface area contributed by atoms with Crippen molar-refractivity contribution in [3.8, 4) is 6.07 Å². The minimum Gasteiger partial charge on any atom is -0.256 e. The molecule has 0 bridgehead atoms. The van der Waals surface area contributed by atoms with E-state index in [0.29, 0.717) is 17.9 Å². The molecule has 8 heteroatoms. The monoisotopic (exact) mass is 308 g/mol.